The molecule has 2 aromatic rings. The van der Waals surface area contributed by atoms with Crippen molar-refractivity contribution in [2.45, 2.75) is 20.3 Å². The Kier molecular flexibility index (Phi) is 4.76. The lowest BCUT2D eigenvalue weighted by Crippen LogP contribution is -2.29. The van der Waals surface area contributed by atoms with Crippen molar-refractivity contribution in [2.24, 2.45) is 0 Å². The number of hydroxylamine groups is 1. The van der Waals surface area contributed by atoms with Gasteiger partial charge >= 0.3 is 0 Å². The molecule has 0 radical (unpaired) electrons. The molecule has 0 spiro atoms. The normalized spacial score (nSPS) is 13.5. The number of nitrogens with one attached hydrogen (secondary N) is 1. The van der Waals surface area contributed by atoms with Crippen LogP contribution in [0.5, 0.6) is 0 Å². The van der Waals surface area contributed by atoms with E-state index in [9.17, 15) is 0 Å². The quantitative estimate of drug-likeness (QED) is 0.624. The summed E-state index contributed by atoms with van der Waals surface area (Å²) in [5.41, 5.74) is 6.90. The fourth-order valence-electron chi connectivity index (χ4n) is 3.06. The van der Waals surface area contributed by atoms with Gasteiger partial charge < -0.3 is 4.90 Å². The summed E-state index contributed by atoms with van der Waals surface area (Å²) in [5, 5.41) is 2.65. The van der Waals surface area contributed by atoms with E-state index >= 15 is 0 Å². The summed E-state index contributed by atoms with van der Waals surface area (Å²) in [4.78, 5) is 8.01. The van der Waals surface area contributed by atoms with E-state index in [1.807, 2.05) is 0 Å². The predicted molar refractivity (Wildman–Crippen MR) is 92.5 cm³/mol. The number of hydrogen-bond donors (Lipinski definition) is 1. The van der Waals surface area contributed by atoms with Crippen molar-refractivity contribution in [3.05, 3.63) is 53.6 Å². The Labute approximate surface area is 132 Å². The maximum atomic E-state index is 5.66. The molecule has 0 unspecified atom stereocenters. The van der Waals surface area contributed by atoms with E-state index in [4.69, 9.17) is 4.84 Å². The lowest BCUT2D eigenvalue weighted by Gasteiger charge is -2.18. The van der Waals surface area contributed by atoms with Gasteiger partial charge in [-0.15, -0.1) is 0 Å². The second-order valence-corrected chi connectivity index (χ2v) is 5.61. The summed E-state index contributed by atoms with van der Waals surface area (Å²) in [6.07, 6.45) is 3.19. The van der Waals surface area contributed by atoms with E-state index in [0.717, 1.165) is 31.8 Å². The highest BCUT2D eigenvalue weighted by molar-refractivity contribution is 5.92. The van der Waals surface area contributed by atoms with Crippen molar-refractivity contribution in [1.82, 2.24) is 10.4 Å². The maximum absolute atomic E-state index is 5.66. The fraction of sp³-hybridized carbons (Fsp3) is 0.368. The van der Waals surface area contributed by atoms with Gasteiger partial charge in [-0.2, -0.15) is 0 Å². The van der Waals surface area contributed by atoms with E-state index in [0.29, 0.717) is 6.61 Å². The summed E-state index contributed by atoms with van der Waals surface area (Å²) < 4.78 is 0. The number of rotatable bonds is 7. The minimum absolute atomic E-state index is 0.696. The fourth-order valence-corrected chi connectivity index (χ4v) is 3.06. The lowest BCUT2D eigenvalue weighted by atomic mass is 10.00. The molecule has 0 heterocycles. The monoisotopic (exact) mass is 296 g/mol. The van der Waals surface area contributed by atoms with Gasteiger partial charge in [0.05, 0.1) is 12.3 Å². The van der Waals surface area contributed by atoms with Gasteiger partial charge in [0.15, 0.2) is 0 Å². The third-order valence-corrected chi connectivity index (χ3v) is 4.43. The second-order valence-electron chi connectivity index (χ2n) is 5.61. The first kappa shape index (κ1) is 15.1. The van der Waals surface area contributed by atoms with E-state index in [-0.39, 0.29) is 0 Å². The lowest BCUT2D eigenvalue weighted by molar-refractivity contribution is 0.0600. The number of nitrogens with zero attached hydrogens (tertiary/aromatic N) is 1. The average molecular weight is 296 g/mol. The van der Waals surface area contributed by atoms with Gasteiger partial charge in [0.25, 0.3) is 0 Å². The van der Waals surface area contributed by atoms with E-state index in [1.54, 1.807) is 0 Å². The third kappa shape index (κ3) is 3.01. The van der Waals surface area contributed by atoms with Crippen LogP contribution in [-0.4, -0.2) is 31.1 Å². The highest BCUT2D eigenvalue weighted by Crippen LogP contribution is 2.31. The molecular weight excluding hydrogens is 272 g/mol. The van der Waals surface area contributed by atoms with Crippen LogP contribution >= 0.6 is 0 Å². The first-order valence-electron chi connectivity index (χ1n) is 8.14. The van der Waals surface area contributed by atoms with Crippen molar-refractivity contribution in [2.75, 3.05) is 26.2 Å². The van der Waals surface area contributed by atoms with Crippen molar-refractivity contribution < 1.29 is 4.84 Å². The largest absolute Gasteiger partial charge is 0.301 e. The number of likely N-dealkylation sites (N-methyl/N-ethyl adjacent to an activating group) is 1. The molecule has 0 bridgehead atoms. The van der Waals surface area contributed by atoms with Crippen LogP contribution in [0.3, 0.4) is 0 Å². The van der Waals surface area contributed by atoms with Gasteiger partial charge in [-0.05, 0) is 35.8 Å². The standard InChI is InChI=1S/C19H24N2O/c1-3-21(4-2)13-14-22-20-19-12-11-17-16-8-6-5-7-15(16)9-10-18(17)19/h5-10,12,20H,3-4,11,13-14H2,1-2H3. The second kappa shape index (κ2) is 6.95. The van der Waals surface area contributed by atoms with Gasteiger partial charge in [-0.3, -0.25) is 10.3 Å². The van der Waals surface area contributed by atoms with Crippen molar-refractivity contribution >= 4 is 16.5 Å². The Bertz CT molecular complexity index is 674. The molecular formula is C19H24N2O. The third-order valence-electron chi connectivity index (χ3n) is 4.43. The minimum atomic E-state index is 0.696. The first-order valence-corrected chi connectivity index (χ1v) is 8.14. The van der Waals surface area contributed by atoms with Crippen molar-refractivity contribution in [1.29, 1.82) is 0 Å². The van der Waals surface area contributed by atoms with Crippen molar-refractivity contribution in [3.63, 3.8) is 0 Å². The predicted octanol–water partition coefficient (Wildman–Crippen LogP) is 3.60. The smallest absolute Gasteiger partial charge is 0.0873 e. The number of allylic oxidation sites excluding steroid dienone is 1. The molecule has 0 aliphatic heterocycles. The average Bonchev–Trinajstić information content (AvgIpc) is 2.98. The molecule has 1 aliphatic rings. The van der Waals surface area contributed by atoms with Crippen LogP contribution in [0, 0.1) is 0 Å². The summed E-state index contributed by atoms with van der Waals surface area (Å²) >= 11 is 0. The molecule has 0 fully saturated rings. The molecule has 0 amide bonds. The molecule has 3 heteroatoms. The molecule has 116 valence electrons. The molecule has 2 aromatic carbocycles. The zero-order chi connectivity index (χ0) is 15.4. The van der Waals surface area contributed by atoms with Gasteiger partial charge in [0.1, 0.15) is 0 Å². The highest BCUT2D eigenvalue weighted by atomic mass is 16.6. The molecule has 1 aliphatic carbocycles. The SMILES string of the molecule is CCN(CC)CCONC1=CCc2c1ccc1ccccc21. The molecule has 0 atom stereocenters. The molecule has 0 aromatic heterocycles. The number of fused-ring (bicyclic) bond motifs is 3. The van der Waals surface area contributed by atoms with Gasteiger partial charge in [-0.25, -0.2) is 0 Å². The Balaban J connectivity index is 1.63. The maximum Gasteiger partial charge on any atom is 0.0873 e. The molecule has 1 N–H and O–H groups in total. The number of hydrogen-bond acceptors (Lipinski definition) is 3. The van der Waals surface area contributed by atoms with Crippen LogP contribution in [0.15, 0.2) is 42.5 Å². The van der Waals surface area contributed by atoms with Gasteiger partial charge in [0.2, 0.25) is 0 Å². The summed E-state index contributed by atoms with van der Waals surface area (Å²) in [5.74, 6) is 0. The summed E-state index contributed by atoms with van der Waals surface area (Å²) in [6.45, 7) is 8.14. The van der Waals surface area contributed by atoms with Crippen LogP contribution in [-0.2, 0) is 11.3 Å². The Morgan fingerprint density at radius 3 is 2.73 bits per heavy atom. The van der Waals surface area contributed by atoms with Crippen LogP contribution in [0.1, 0.15) is 25.0 Å². The van der Waals surface area contributed by atoms with Crippen LogP contribution in [0.4, 0.5) is 0 Å². The van der Waals surface area contributed by atoms with E-state index in [2.05, 4.69) is 66.7 Å². The van der Waals surface area contributed by atoms with Crippen LogP contribution < -0.4 is 5.48 Å². The van der Waals surface area contributed by atoms with Gasteiger partial charge in [0, 0.05) is 12.1 Å². The molecule has 3 nitrogen and oxygen atoms in total. The zero-order valence-electron chi connectivity index (χ0n) is 13.4. The van der Waals surface area contributed by atoms with Crippen LogP contribution in [0.2, 0.25) is 0 Å². The molecule has 0 saturated carbocycles. The summed E-state index contributed by atoms with van der Waals surface area (Å²) in [6, 6.07) is 12.9. The zero-order valence-corrected chi connectivity index (χ0v) is 13.4. The van der Waals surface area contributed by atoms with E-state index < -0.39 is 0 Å². The van der Waals surface area contributed by atoms with Gasteiger partial charge in [-0.1, -0.05) is 56.3 Å². The summed E-state index contributed by atoms with van der Waals surface area (Å²) in [7, 11) is 0. The Hall–Kier alpha value is -1.84. The van der Waals surface area contributed by atoms with Crippen molar-refractivity contribution in [3.8, 4) is 0 Å². The highest BCUT2D eigenvalue weighted by Gasteiger charge is 2.16. The topological polar surface area (TPSA) is 24.5 Å². The Morgan fingerprint density at radius 1 is 1.09 bits per heavy atom. The number of benzene rings is 2. The molecule has 0 saturated heterocycles. The van der Waals surface area contributed by atoms with E-state index in [1.165, 1.54) is 21.9 Å². The minimum Gasteiger partial charge on any atom is -0.301 e. The molecule has 22 heavy (non-hydrogen) atoms. The first-order chi connectivity index (χ1) is 10.8. The molecule has 3 rings (SSSR count). The van der Waals surface area contributed by atoms with Crippen LogP contribution in [0.25, 0.3) is 16.5 Å². The Morgan fingerprint density at radius 2 is 1.91 bits per heavy atom.